The monoisotopic (exact) mass is 944 g/mol. The van der Waals surface area contributed by atoms with Crippen LogP contribution in [0, 0.1) is 27.6 Å². The van der Waals surface area contributed by atoms with Gasteiger partial charge in [0.05, 0.1) is 0 Å². The maximum atomic E-state index is 7.12. The average Bonchev–Trinajstić information content (AvgIpc) is 3.88. The molecule has 1 fully saturated rings. The van der Waals surface area contributed by atoms with E-state index in [2.05, 4.69) is 177 Å². The van der Waals surface area contributed by atoms with Crippen molar-refractivity contribution in [3.63, 3.8) is 0 Å². The van der Waals surface area contributed by atoms with E-state index in [1.807, 2.05) is 12.1 Å². The number of allylic oxidation sites excluding steroid dienone is 10. The molecule has 3 atom stereocenters. The van der Waals surface area contributed by atoms with Crippen molar-refractivity contribution in [3.05, 3.63) is 183 Å². The quantitative estimate of drug-likeness (QED) is 0.169. The topological polar surface area (TPSA) is 0 Å². The Bertz CT molecular complexity index is 2710. The minimum atomic E-state index is -3.33. The van der Waals surface area contributed by atoms with Crippen LogP contribution in [0.1, 0.15) is 90.5 Å². The summed E-state index contributed by atoms with van der Waals surface area (Å²) in [7, 11) is 0. The number of fused-ring (bicyclic) bond motifs is 8. The SMILES string of the molecule is CC12C(=C3Cc4ccccc4C3=C3C=CCCC31)[C](C)([Zr+2](=[C](c1cccc3c(Cl)cccc13)c1cccc3c(Cl)cccc13)[CH]1C=CC=C1)C(C)(C)C(C)(C)C2(C)C.[Cl-].[Cl-]. The fourth-order valence-electron chi connectivity index (χ4n) is 13.2. The third-order valence-corrected chi connectivity index (χ3v) is 28.1. The van der Waals surface area contributed by atoms with E-state index in [-0.39, 0.29) is 49.6 Å². The third kappa shape index (κ3) is 5.61. The van der Waals surface area contributed by atoms with Gasteiger partial charge in [-0.2, -0.15) is 0 Å². The van der Waals surface area contributed by atoms with Crippen molar-refractivity contribution in [3.8, 4) is 0 Å². The van der Waals surface area contributed by atoms with Crippen molar-refractivity contribution in [1.29, 1.82) is 0 Å². The Hall–Kier alpha value is -2.77. The number of benzene rings is 5. The molecule has 1 saturated carbocycles. The Morgan fingerprint density at radius 2 is 1.17 bits per heavy atom. The molecule has 0 aromatic heterocycles. The summed E-state index contributed by atoms with van der Waals surface area (Å²) < 4.78 is 1.75. The largest absolute Gasteiger partial charge is 1.00 e. The van der Waals surface area contributed by atoms with E-state index >= 15 is 0 Å². The number of halogens is 4. The molecule has 60 heavy (non-hydrogen) atoms. The van der Waals surface area contributed by atoms with E-state index in [1.165, 1.54) is 39.4 Å². The Morgan fingerprint density at radius 3 is 1.77 bits per heavy atom. The summed E-state index contributed by atoms with van der Waals surface area (Å²) in [6.45, 7) is 21.5. The van der Waals surface area contributed by atoms with Gasteiger partial charge >= 0.3 is 366 Å². The zero-order valence-corrected chi connectivity index (χ0v) is 41.5. The van der Waals surface area contributed by atoms with Crippen molar-refractivity contribution in [1.82, 2.24) is 0 Å². The molecular weight excluding hydrogens is 894 g/mol. The van der Waals surface area contributed by atoms with Gasteiger partial charge in [0.25, 0.3) is 0 Å². The van der Waals surface area contributed by atoms with Crippen molar-refractivity contribution < 1.29 is 46.1 Å². The van der Waals surface area contributed by atoms with E-state index in [0.717, 1.165) is 33.7 Å². The first kappa shape index (κ1) is 43.9. The fraction of sp³-hybridized carbons (Fsp3) is 0.327. The number of hydrogen-bond donors (Lipinski definition) is 0. The molecule has 0 saturated heterocycles. The zero-order chi connectivity index (χ0) is 40.6. The Labute approximate surface area is 387 Å². The summed E-state index contributed by atoms with van der Waals surface area (Å²) in [5.41, 5.74) is 11.9. The summed E-state index contributed by atoms with van der Waals surface area (Å²) in [5, 5.41) is 6.32. The molecule has 10 rings (SSSR count). The van der Waals surface area contributed by atoms with Crippen LogP contribution in [0.15, 0.2) is 150 Å². The molecule has 0 radical (unpaired) electrons. The summed E-state index contributed by atoms with van der Waals surface area (Å²) in [6.07, 6.45) is 18.2. The molecule has 5 aliphatic carbocycles. The minimum absolute atomic E-state index is 0. The Balaban J connectivity index is 0.00000249. The molecule has 306 valence electrons. The number of rotatable bonds is 4. The Kier molecular flexibility index (Phi) is 11.1. The minimum Gasteiger partial charge on any atom is -1.00 e. The smallest absolute Gasteiger partial charge is 1.00 e. The molecule has 0 bridgehead atoms. The van der Waals surface area contributed by atoms with Crippen LogP contribution in [0.5, 0.6) is 0 Å². The third-order valence-electron chi connectivity index (χ3n) is 17.4. The molecule has 5 heteroatoms. The van der Waals surface area contributed by atoms with Gasteiger partial charge in [-0.15, -0.1) is 0 Å². The summed E-state index contributed by atoms with van der Waals surface area (Å²) in [6, 6.07) is 36.2. The maximum absolute atomic E-state index is 7.12. The summed E-state index contributed by atoms with van der Waals surface area (Å²) in [5.74, 6) is 0.428. The van der Waals surface area contributed by atoms with Crippen LogP contribution in [0.3, 0.4) is 0 Å². The van der Waals surface area contributed by atoms with Gasteiger partial charge in [0.2, 0.25) is 0 Å². The first-order valence-electron chi connectivity index (χ1n) is 21.4. The molecular formula is C55H54Cl4Zr. The van der Waals surface area contributed by atoms with Crippen LogP contribution in [-0.4, -0.2) is 3.21 Å². The van der Waals surface area contributed by atoms with E-state index in [9.17, 15) is 0 Å². The molecule has 5 aromatic rings. The van der Waals surface area contributed by atoms with Crippen LogP contribution >= 0.6 is 23.2 Å². The van der Waals surface area contributed by atoms with Crippen LogP contribution in [-0.2, 0) is 27.7 Å². The molecule has 5 aliphatic rings. The molecule has 0 heterocycles. The van der Waals surface area contributed by atoms with E-state index < -0.39 is 21.3 Å². The van der Waals surface area contributed by atoms with Gasteiger partial charge in [-0.3, -0.25) is 0 Å². The van der Waals surface area contributed by atoms with Crippen molar-refractivity contribution >= 4 is 53.5 Å². The molecule has 0 amide bonds. The van der Waals surface area contributed by atoms with E-state index in [4.69, 9.17) is 23.2 Å². The van der Waals surface area contributed by atoms with Gasteiger partial charge in [-0.1, -0.05) is 0 Å². The first-order valence-corrected chi connectivity index (χ1v) is 26.0. The zero-order valence-electron chi connectivity index (χ0n) is 36.0. The van der Waals surface area contributed by atoms with E-state index in [1.54, 1.807) is 25.5 Å². The van der Waals surface area contributed by atoms with Crippen LogP contribution in [0.25, 0.3) is 27.1 Å². The molecule has 0 nitrogen and oxygen atoms in total. The number of hydrogen-bond acceptors (Lipinski definition) is 0. The summed E-state index contributed by atoms with van der Waals surface area (Å²) in [4.78, 5) is 0. The van der Waals surface area contributed by atoms with Gasteiger partial charge in [0.15, 0.2) is 0 Å². The van der Waals surface area contributed by atoms with Gasteiger partial charge in [0, 0.05) is 0 Å². The Morgan fingerprint density at radius 1 is 0.617 bits per heavy atom. The molecule has 0 aliphatic heterocycles. The standard InChI is InChI=1S/C29H37.C21H12Cl2.C5H5.2ClH.Zr/c1-18-25-22-17-19-13-9-10-14-20(19)24(22)21-15-11-12-16-23(21)29(25,8)28(6,7)27(4,5)26(18,2)3;22-20-11-3-7-16-14(5-1-9-18(16)20)13-15-6-2-10-19-17(15)8-4-12-21(19)23;1-2-4-5-3-1;;;/h9-11,13-15,23H,12,16-17H2,1-8H3;1-12H;1-5H;2*1H;/q;;;;;+2/p-2. The fourth-order valence-corrected chi connectivity index (χ4v) is 25.4. The van der Waals surface area contributed by atoms with Gasteiger partial charge < -0.3 is 24.8 Å². The second-order valence-electron chi connectivity index (χ2n) is 19.6. The van der Waals surface area contributed by atoms with Crippen molar-refractivity contribution in [2.45, 2.75) is 81.4 Å². The van der Waals surface area contributed by atoms with Gasteiger partial charge in [-0.25, -0.2) is 0 Å². The second kappa shape index (κ2) is 15.2. The second-order valence-corrected chi connectivity index (χ2v) is 27.8. The van der Waals surface area contributed by atoms with Gasteiger partial charge in [0.1, 0.15) is 0 Å². The first-order chi connectivity index (χ1) is 27.7. The van der Waals surface area contributed by atoms with Crippen LogP contribution in [0.2, 0.25) is 16.8 Å². The van der Waals surface area contributed by atoms with Crippen LogP contribution in [0.4, 0.5) is 0 Å². The normalized spacial score (nSPS) is 25.2. The van der Waals surface area contributed by atoms with Crippen molar-refractivity contribution in [2.75, 3.05) is 0 Å². The molecule has 3 unspecified atom stereocenters. The van der Waals surface area contributed by atoms with E-state index in [0.29, 0.717) is 9.54 Å². The predicted molar refractivity (Wildman–Crippen MR) is 247 cm³/mol. The maximum Gasteiger partial charge on any atom is -1.00 e. The van der Waals surface area contributed by atoms with Crippen molar-refractivity contribution in [2.24, 2.45) is 27.6 Å². The van der Waals surface area contributed by atoms with Crippen LogP contribution < -0.4 is 24.8 Å². The molecule has 0 N–H and O–H groups in total. The molecule has 5 aromatic carbocycles. The van der Waals surface area contributed by atoms with Gasteiger partial charge in [-0.05, 0) is 0 Å². The predicted octanol–water partition coefficient (Wildman–Crippen LogP) is 9.97. The molecule has 0 spiro atoms. The summed E-state index contributed by atoms with van der Waals surface area (Å²) >= 11 is 10.9. The average molecular weight is 948 g/mol.